The normalized spacial score (nSPS) is 12.1. The van der Waals surface area contributed by atoms with Gasteiger partial charge in [-0.3, -0.25) is 14.8 Å². The van der Waals surface area contributed by atoms with Crippen LogP contribution in [0.5, 0.6) is 11.5 Å². The first-order chi connectivity index (χ1) is 17.2. The van der Waals surface area contributed by atoms with Crippen LogP contribution in [0.15, 0.2) is 77.7 Å². The van der Waals surface area contributed by atoms with Crippen molar-refractivity contribution in [3.05, 3.63) is 88.5 Å². The molecule has 0 fully saturated rings. The van der Waals surface area contributed by atoms with E-state index in [1.807, 2.05) is 12.1 Å². The maximum absolute atomic E-state index is 12.5. The van der Waals surface area contributed by atoms with E-state index in [1.165, 1.54) is 17.7 Å². The Bertz CT molecular complexity index is 1290. The quantitative estimate of drug-likeness (QED) is 0.172. The lowest BCUT2D eigenvalue weighted by molar-refractivity contribution is -0.384. The first-order valence-electron chi connectivity index (χ1n) is 12.0. The van der Waals surface area contributed by atoms with Crippen molar-refractivity contribution in [2.24, 2.45) is 5.41 Å². The molecule has 0 unspecified atom stereocenters. The minimum Gasteiger partial charge on any atom is -0.490 e. The summed E-state index contributed by atoms with van der Waals surface area (Å²) in [6.45, 7) is 12.0. The summed E-state index contributed by atoms with van der Waals surface area (Å²) in [7, 11) is -3.88. The summed E-state index contributed by atoms with van der Waals surface area (Å²) in [5, 5.41) is 10.8. The molecule has 8 nitrogen and oxygen atoms in total. The molecule has 37 heavy (non-hydrogen) atoms. The molecule has 3 aromatic rings. The van der Waals surface area contributed by atoms with Gasteiger partial charge in [-0.05, 0) is 71.3 Å². The number of nitrogens with zero attached hydrogens (tertiary/aromatic N) is 1. The summed E-state index contributed by atoms with van der Waals surface area (Å²) in [4.78, 5) is 10.1. The second kappa shape index (κ2) is 11.2. The van der Waals surface area contributed by atoms with Crippen molar-refractivity contribution >= 4 is 21.4 Å². The van der Waals surface area contributed by atoms with Crippen LogP contribution in [-0.2, 0) is 15.4 Å². The molecule has 0 spiro atoms. The number of nitro groups is 1. The number of nitrogens with one attached hydrogen (secondary N) is 1. The molecule has 3 aromatic carbocycles. The molecule has 0 saturated carbocycles. The third-order valence-electron chi connectivity index (χ3n) is 5.69. The van der Waals surface area contributed by atoms with Crippen molar-refractivity contribution < 1.29 is 22.8 Å². The van der Waals surface area contributed by atoms with Crippen LogP contribution in [0.1, 0.15) is 46.6 Å². The zero-order valence-electron chi connectivity index (χ0n) is 21.9. The van der Waals surface area contributed by atoms with Crippen LogP contribution in [0.3, 0.4) is 0 Å². The number of rotatable bonds is 11. The van der Waals surface area contributed by atoms with E-state index in [1.54, 1.807) is 24.3 Å². The van der Waals surface area contributed by atoms with Crippen molar-refractivity contribution in [1.82, 2.24) is 0 Å². The minimum atomic E-state index is -3.88. The molecule has 0 heterocycles. The standard InChI is InChI=1S/C28H34N2O6S/c1-27(2,3)20-28(4,5)21-6-12-24(13-7-21)35-18-19-36-25-14-8-22(9-15-25)29-37(33,34)26-16-10-23(11-17-26)30(31)32/h6-17,29H,18-20H2,1-5H3. The highest BCUT2D eigenvalue weighted by Gasteiger charge is 2.27. The van der Waals surface area contributed by atoms with Gasteiger partial charge in [-0.15, -0.1) is 0 Å². The SMILES string of the molecule is CC(C)(C)CC(C)(C)c1ccc(OCCOc2ccc(NS(=O)(=O)c3ccc([N+](=O)[O-])cc3)cc2)cc1. The zero-order chi connectivity index (χ0) is 27.3. The maximum Gasteiger partial charge on any atom is 0.269 e. The Kier molecular flexibility index (Phi) is 8.48. The molecule has 0 bridgehead atoms. The zero-order valence-corrected chi connectivity index (χ0v) is 22.7. The van der Waals surface area contributed by atoms with Gasteiger partial charge < -0.3 is 9.47 Å². The van der Waals surface area contributed by atoms with Crippen LogP contribution < -0.4 is 14.2 Å². The number of non-ortho nitro benzene ring substituents is 1. The first kappa shape index (κ1) is 28.0. The van der Waals surface area contributed by atoms with Gasteiger partial charge in [0.1, 0.15) is 24.7 Å². The summed E-state index contributed by atoms with van der Waals surface area (Å²) >= 11 is 0. The van der Waals surface area contributed by atoms with Gasteiger partial charge in [-0.1, -0.05) is 46.8 Å². The summed E-state index contributed by atoms with van der Waals surface area (Å²) in [6.07, 6.45) is 1.07. The molecule has 0 aliphatic rings. The van der Waals surface area contributed by atoms with Crippen LogP contribution in [0.2, 0.25) is 0 Å². The topological polar surface area (TPSA) is 108 Å². The second-order valence-electron chi connectivity index (χ2n) is 10.7. The molecule has 0 amide bonds. The number of hydrogen-bond acceptors (Lipinski definition) is 6. The molecular weight excluding hydrogens is 492 g/mol. The Morgan fingerprint density at radius 3 is 1.73 bits per heavy atom. The number of benzene rings is 3. The Balaban J connectivity index is 1.48. The number of anilines is 1. The fraction of sp³-hybridized carbons (Fsp3) is 0.357. The molecule has 198 valence electrons. The van der Waals surface area contributed by atoms with Gasteiger partial charge in [0.15, 0.2) is 0 Å². The van der Waals surface area contributed by atoms with E-state index in [0.717, 1.165) is 24.3 Å². The predicted molar refractivity (Wildman–Crippen MR) is 145 cm³/mol. The molecule has 3 rings (SSSR count). The number of sulfonamides is 1. The predicted octanol–water partition coefficient (Wildman–Crippen LogP) is 6.57. The molecule has 0 aromatic heterocycles. The average molecular weight is 527 g/mol. The average Bonchev–Trinajstić information content (AvgIpc) is 2.81. The highest BCUT2D eigenvalue weighted by Crippen LogP contribution is 2.36. The van der Waals surface area contributed by atoms with Gasteiger partial charge in [-0.2, -0.15) is 0 Å². The molecule has 0 aliphatic carbocycles. The van der Waals surface area contributed by atoms with Crippen LogP contribution >= 0.6 is 0 Å². The van der Waals surface area contributed by atoms with Crippen molar-refractivity contribution in [3.8, 4) is 11.5 Å². The number of hydrogen-bond donors (Lipinski definition) is 1. The van der Waals surface area contributed by atoms with E-state index in [9.17, 15) is 18.5 Å². The summed E-state index contributed by atoms with van der Waals surface area (Å²) in [5.74, 6) is 1.34. The molecule has 9 heteroatoms. The van der Waals surface area contributed by atoms with Gasteiger partial charge in [-0.25, -0.2) is 8.42 Å². The molecule has 1 N–H and O–H groups in total. The number of ether oxygens (including phenoxy) is 2. The highest BCUT2D eigenvalue weighted by molar-refractivity contribution is 7.92. The van der Waals surface area contributed by atoms with Gasteiger partial charge >= 0.3 is 0 Å². The van der Waals surface area contributed by atoms with E-state index in [2.05, 4.69) is 51.5 Å². The van der Waals surface area contributed by atoms with E-state index in [0.29, 0.717) is 24.7 Å². The Hall–Kier alpha value is -3.59. The van der Waals surface area contributed by atoms with E-state index >= 15 is 0 Å². The molecule has 0 atom stereocenters. The summed E-state index contributed by atoms with van der Waals surface area (Å²) in [6, 6.07) is 19.3. The van der Waals surface area contributed by atoms with E-state index in [4.69, 9.17) is 9.47 Å². The summed E-state index contributed by atoms with van der Waals surface area (Å²) < 4.78 is 39.0. The lowest BCUT2D eigenvalue weighted by atomic mass is 9.72. The summed E-state index contributed by atoms with van der Waals surface area (Å²) in [5.41, 5.74) is 1.75. The van der Waals surface area contributed by atoms with Crippen molar-refractivity contribution in [3.63, 3.8) is 0 Å². The fourth-order valence-corrected chi connectivity index (χ4v) is 5.39. The van der Waals surface area contributed by atoms with Crippen LogP contribution in [0.4, 0.5) is 11.4 Å². The maximum atomic E-state index is 12.5. The monoisotopic (exact) mass is 526 g/mol. The smallest absolute Gasteiger partial charge is 0.269 e. The Morgan fingerprint density at radius 1 is 0.784 bits per heavy atom. The lowest BCUT2D eigenvalue weighted by Crippen LogP contribution is -2.24. The fourth-order valence-electron chi connectivity index (χ4n) is 4.33. The molecule has 0 radical (unpaired) electrons. The van der Waals surface area contributed by atoms with Crippen LogP contribution in [0, 0.1) is 15.5 Å². The van der Waals surface area contributed by atoms with E-state index < -0.39 is 14.9 Å². The lowest BCUT2D eigenvalue weighted by Gasteiger charge is -2.33. The van der Waals surface area contributed by atoms with Crippen molar-refractivity contribution in [2.75, 3.05) is 17.9 Å². The third kappa shape index (κ3) is 8.21. The van der Waals surface area contributed by atoms with Crippen LogP contribution in [-0.4, -0.2) is 26.6 Å². The van der Waals surface area contributed by atoms with E-state index in [-0.39, 0.29) is 21.4 Å². The highest BCUT2D eigenvalue weighted by atomic mass is 32.2. The van der Waals surface area contributed by atoms with Gasteiger partial charge in [0, 0.05) is 17.8 Å². The molecular formula is C28H34N2O6S. The van der Waals surface area contributed by atoms with Gasteiger partial charge in [0.2, 0.25) is 0 Å². The third-order valence-corrected chi connectivity index (χ3v) is 7.09. The minimum absolute atomic E-state index is 0.0682. The van der Waals surface area contributed by atoms with Gasteiger partial charge in [0.05, 0.1) is 9.82 Å². The largest absolute Gasteiger partial charge is 0.490 e. The van der Waals surface area contributed by atoms with Crippen molar-refractivity contribution in [1.29, 1.82) is 0 Å². The van der Waals surface area contributed by atoms with Crippen molar-refractivity contribution in [2.45, 2.75) is 51.3 Å². The molecule has 0 saturated heterocycles. The van der Waals surface area contributed by atoms with Gasteiger partial charge in [0.25, 0.3) is 15.7 Å². The van der Waals surface area contributed by atoms with Crippen LogP contribution in [0.25, 0.3) is 0 Å². The Labute approximate surface area is 218 Å². The Morgan fingerprint density at radius 2 is 1.27 bits per heavy atom. The first-order valence-corrected chi connectivity index (χ1v) is 13.5. The number of nitro benzene ring substituents is 1. The molecule has 0 aliphatic heterocycles. The second-order valence-corrected chi connectivity index (χ2v) is 12.4.